The minimum absolute atomic E-state index is 0.181. The third-order valence-electron chi connectivity index (χ3n) is 5.72. The summed E-state index contributed by atoms with van der Waals surface area (Å²) in [6.07, 6.45) is 1.33. The van der Waals surface area contributed by atoms with Gasteiger partial charge < -0.3 is 9.64 Å². The van der Waals surface area contributed by atoms with Crippen molar-refractivity contribution in [1.29, 1.82) is 0 Å². The largest absolute Gasteiger partial charge is 0.444 e. The fourth-order valence-electron chi connectivity index (χ4n) is 4.28. The topological polar surface area (TPSA) is 46.6 Å². The first-order chi connectivity index (χ1) is 11.1. The third kappa shape index (κ3) is 2.43. The van der Waals surface area contributed by atoms with Gasteiger partial charge in [0, 0.05) is 29.5 Å². The second kappa shape index (κ2) is 5.33. The molecule has 3 rings (SSSR count). The molecule has 130 valence electrons. The maximum Gasteiger partial charge on any atom is 0.410 e. The average Bonchev–Trinajstić information content (AvgIpc) is 2.66. The van der Waals surface area contributed by atoms with Crippen LogP contribution in [0, 0.1) is 5.41 Å². The van der Waals surface area contributed by atoms with Gasteiger partial charge in [-0.3, -0.25) is 4.79 Å². The molecule has 4 heteroatoms. The van der Waals surface area contributed by atoms with Crippen molar-refractivity contribution in [2.24, 2.45) is 5.41 Å². The van der Waals surface area contributed by atoms with Gasteiger partial charge in [0.15, 0.2) is 5.78 Å². The van der Waals surface area contributed by atoms with Crippen molar-refractivity contribution >= 4 is 11.9 Å². The maximum atomic E-state index is 12.9. The number of benzene rings is 1. The summed E-state index contributed by atoms with van der Waals surface area (Å²) in [4.78, 5) is 27.0. The zero-order chi connectivity index (χ0) is 17.8. The van der Waals surface area contributed by atoms with Crippen molar-refractivity contribution in [3.8, 4) is 0 Å². The monoisotopic (exact) mass is 329 g/mol. The first-order valence-electron chi connectivity index (χ1n) is 8.71. The summed E-state index contributed by atoms with van der Waals surface area (Å²) in [5.74, 6) is 0.226. The molecule has 1 fully saturated rings. The van der Waals surface area contributed by atoms with Crippen LogP contribution < -0.4 is 0 Å². The fourth-order valence-corrected chi connectivity index (χ4v) is 4.28. The van der Waals surface area contributed by atoms with Gasteiger partial charge in [-0.15, -0.1) is 0 Å². The van der Waals surface area contributed by atoms with Gasteiger partial charge in [0.2, 0.25) is 0 Å². The summed E-state index contributed by atoms with van der Waals surface area (Å²) in [5, 5.41) is 0. The third-order valence-corrected chi connectivity index (χ3v) is 5.72. The molecule has 0 radical (unpaired) electrons. The van der Waals surface area contributed by atoms with Gasteiger partial charge >= 0.3 is 6.09 Å². The highest BCUT2D eigenvalue weighted by atomic mass is 16.6. The first-order valence-corrected chi connectivity index (χ1v) is 8.71. The summed E-state index contributed by atoms with van der Waals surface area (Å²) in [6.45, 7) is 11.0. The van der Waals surface area contributed by atoms with E-state index in [2.05, 4.69) is 19.9 Å². The Morgan fingerprint density at radius 1 is 1.12 bits per heavy atom. The number of rotatable bonds is 0. The molecule has 4 nitrogen and oxygen atoms in total. The van der Waals surface area contributed by atoms with Crippen molar-refractivity contribution in [3.05, 3.63) is 35.4 Å². The van der Waals surface area contributed by atoms with E-state index in [9.17, 15) is 9.59 Å². The number of Topliss-reactive ketones (excluding diaryl/α,β-unsaturated/α-hetero) is 1. The van der Waals surface area contributed by atoms with E-state index in [1.807, 2.05) is 39.0 Å². The molecule has 1 amide bonds. The highest BCUT2D eigenvalue weighted by Crippen LogP contribution is 2.56. The zero-order valence-corrected chi connectivity index (χ0v) is 15.3. The minimum atomic E-state index is -0.485. The number of fused-ring (bicyclic) bond motifs is 2. The van der Waals surface area contributed by atoms with Crippen molar-refractivity contribution in [1.82, 2.24) is 4.90 Å². The quantitative estimate of drug-likeness (QED) is 0.717. The van der Waals surface area contributed by atoms with Crippen LogP contribution in [-0.4, -0.2) is 35.5 Å². The second-order valence-electron chi connectivity index (χ2n) is 8.55. The molecule has 1 aliphatic heterocycles. The van der Waals surface area contributed by atoms with Gasteiger partial charge in [-0.1, -0.05) is 38.1 Å². The lowest BCUT2D eigenvalue weighted by Gasteiger charge is -2.47. The first kappa shape index (κ1) is 17.0. The van der Waals surface area contributed by atoms with E-state index in [1.165, 1.54) is 0 Å². The Morgan fingerprint density at radius 2 is 1.71 bits per heavy atom. The SMILES string of the molecule is CC(C)(C)OC(=O)N1CCC2(CC1)c1ccccc1C(=O)C2(C)C. The number of ether oxygens (including phenoxy) is 1. The van der Waals surface area contributed by atoms with Gasteiger partial charge in [0.05, 0.1) is 0 Å². The highest BCUT2D eigenvalue weighted by Gasteiger charge is 2.58. The summed E-state index contributed by atoms with van der Waals surface area (Å²) in [7, 11) is 0. The molecular formula is C20H27NO3. The second-order valence-corrected chi connectivity index (χ2v) is 8.55. The Morgan fingerprint density at radius 3 is 2.29 bits per heavy atom. The van der Waals surface area contributed by atoms with E-state index in [0.717, 1.165) is 24.0 Å². The predicted molar refractivity (Wildman–Crippen MR) is 93.3 cm³/mol. The molecule has 0 N–H and O–H groups in total. The van der Waals surface area contributed by atoms with Gasteiger partial charge in [-0.25, -0.2) is 4.79 Å². The Bertz CT molecular complexity index is 676. The summed E-state index contributed by atoms with van der Waals surface area (Å²) in [6, 6.07) is 7.97. The molecular weight excluding hydrogens is 302 g/mol. The molecule has 0 aromatic heterocycles. The van der Waals surface area contributed by atoms with Crippen LogP contribution in [0.25, 0.3) is 0 Å². The highest BCUT2D eigenvalue weighted by molar-refractivity contribution is 6.06. The molecule has 1 saturated heterocycles. The van der Waals surface area contributed by atoms with Crippen molar-refractivity contribution < 1.29 is 14.3 Å². The average molecular weight is 329 g/mol. The van der Waals surface area contributed by atoms with Crippen LogP contribution in [0.2, 0.25) is 0 Å². The molecule has 0 atom stereocenters. The van der Waals surface area contributed by atoms with Crippen LogP contribution in [-0.2, 0) is 10.2 Å². The molecule has 1 aromatic carbocycles. The standard InChI is InChI=1S/C20H27NO3/c1-18(2,3)24-17(23)21-12-10-20(11-13-21)15-9-7-6-8-14(15)16(22)19(20,4)5/h6-9H,10-13H2,1-5H3. The number of amides is 1. The van der Waals surface area contributed by atoms with Crippen LogP contribution in [0.3, 0.4) is 0 Å². The van der Waals surface area contributed by atoms with Gasteiger partial charge in [-0.05, 0) is 39.2 Å². The summed E-state index contributed by atoms with van der Waals surface area (Å²) < 4.78 is 5.49. The zero-order valence-electron chi connectivity index (χ0n) is 15.3. The number of carbonyl (C=O) groups is 2. The molecule has 2 aliphatic rings. The Kier molecular flexibility index (Phi) is 3.78. The lowest BCUT2D eigenvalue weighted by molar-refractivity contribution is 0.00875. The molecule has 0 bridgehead atoms. The number of ketones is 1. The number of hydrogen-bond acceptors (Lipinski definition) is 3. The fraction of sp³-hybridized carbons (Fsp3) is 0.600. The number of piperidine rings is 1. The van der Waals surface area contributed by atoms with E-state index in [0.29, 0.717) is 13.1 Å². The maximum absolute atomic E-state index is 12.9. The van der Waals surface area contributed by atoms with Crippen LogP contribution in [0.1, 0.15) is 63.4 Å². The Labute approximate surface area is 144 Å². The molecule has 0 unspecified atom stereocenters. The molecule has 1 spiro atoms. The van der Waals surface area contributed by atoms with Crippen LogP contribution >= 0.6 is 0 Å². The van der Waals surface area contributed by atoms with E-state index in [1.54, 1.807) is 4.90 Å². The van der Waals surface area contributed by atoms with Gasteiger partial charge in [0.1, 0.15) is 5.60 Å². The molecule has 24 heavy (non-hydrogen) atoms. The van der Waals surface area contributed by atoms with Gasteiger partial charge in [-0.2, -0.15) is 0 Å². The van der Waals surface area contributed by atoms with Crippen molar-refractivity contribution in [3.63, 3.8) is 0 Å². The molecule has 1 aromatic rings. The Balaban J connectivity index is 1.85. The molecule has 1 heterocycles. The molecule has 0 saturated carbocycles. The van der Waals surface area contributed by atoms with E-state index >= 15 is 0 Å². The van der Waals surface area contributed by atoms with Crippen LogP contribution in [0.4, 0.5) is 4.79 Å². The minimum Gasteiger partial charge on any atom is -0.444 e. The number of hydrogen-bond donors (Lipinski definition) is 0. The number of carbonyl (C=O) groups excluding carboxylic acids is 2. The summed E-state index contributed by atoms with van der Waals surface area (Å²) >= 11 is 0. The lowest BCUT2D eigenvalue weighted by Crippen LogP contribution is -2.52. The number of likely N-dealkylation sites (tertiary alicyclic amines) is 1. The van der Waals surface area contributed by atoms with Crippen molar-refractivity contribution in [2.75, 3.05) is 13.1 Å². The Hall–Kier alpha value is -1.84. The normalized spacial score (nSPS) is 21.7. The smallest absolute Gasteiger partial charge is 0.410 e. The molecule has 1 aliphatic carbocycles. The van der Waals surface area contributed by atoms with Crippen LogP contribution in [0.5, 0.6) is 0 Å². The van der Waals surface area contributed by atoms with E-state index in [4.69, 9.17) is 4.74 Å². The predicted octanol–water partition coefficient (Wildman–Crippen LogP) is 4.18. The van der Waals surface area contributed by atoms with Crippen molar-refractivity contribution in [2.45, 2.75) is 58.5 Å². The van der Waals surface area contributed by atoms with Crippen LogP contribution in [0.15, 0.2) is 24.3 Å². The van der Waals surface area contributed by atoms with Gasteiger partial charge in [0.25, 0.3) is 0 Å². The van der Waals surface area contributed by atoms with E-state index in [-0.39, 0.29) is 17.3 Å². The number of nitrogens with zero attached hydrogens (tertiary/aromatic N) is 1. The lowest BCUT2D eigenvalue weighted by atomic mass is 9.60. The summed E-state index contributed by atoms with van der Waals surface area (Å²) in [5.41, 5.74) is 0.911. The van der Waals surface area contributed by atoms with E-state index < -0.39 is 11.0 Å².